The molecule has 3 heteroatoms. The number of nitrogens with one attached hydrogen (secondary N) is 1. The highest BCUT2D eigenvalue weighted by molar-refractivity contribution is 5.31. The predicted octanol–water partition coefficient (Wildman–Crippen LogP) is 2.93. The second kappa shape index (κ2) is 6.21. The molecule has 0 aliphatic heterocycles. The van der Waals surface area contributed by atoms with Crippen LogP contribution in [-0.2, 0) is 0 Å². The first-order chi connectivity index (χ1) is 9.24. The van der Waals surface area contributed by atoms with E-state index in [-0.39, 0.29) is 12.1 Å². The number of para-hydroxylation sites is 1. The van der Waals surface area contributed by atoms with E-state index in [0.717, 1.165) is 17.7 Å². The van der Waals surface area contributed by atoms with Gasteiger partial charge in [-0.1, -0.05) is 31.0 Å². The van der Waals surface area contributed by atoms with Crippen LogP contribution in [0.15, 0.2) is 42.7 Å². The van der Waals surface area contributed by atoms with Crippen LogP contribution in [0.5, 0.6) is 0 Å². The van der Waals surface area contributed by atoms with Crippen molar-refractivity contribution in [3.8, 4) is 18.0 Å². The normalized spacial score (nSPS) is 13.7. The van der Waals surface area contributed by atoms with Crippen LogP contribution in [0.2, 0.25) is 0 Å². The molecule has 1 heterocycles. The summed E-state index contributed by atoms with van der Waals surface area (Å²) in [6, 6.07) is 10.4. The lowest BCUT2D eigenvalue weighted by molar-refractivity contribution is 0.512. The molecule has 98 valence electrons. The quantitative estimate of drug-likeness (QED) is 0.830. The number of nitrogens with zero attached hydrogens (tertiary/aromatic N) is 2. The molecule has 2 atom stereocenters. The summed E-state index contributed by atoms with van der Waals surface area (Å²) in [7, 11) is 0. The molecule has 0 bridgehead atoms. The van der Waals surface area contributed by atoms with Gasteiger partial charge in [0, 0.05) is 17.8 Å². The van der Waals surface area contributed by atoms with Gasteiger partial charge < -0.3 is 0 Å². The topological polar surface area (TPSA) is 29.9 Å². The zero-order chi connectivity index (χ0) is 13.7. The van der Waals surface area contributed by atoms with Crippen LogP contribution in [0.1, 0.15) is 31.9 Å². The molecule has 0 fully saturated rings. The third kappa shape index (κ3) is 3.24. The molecule has 2 aromatic rings. The van der Waals surface area contributed by atoms with Gasteiger partial charge in [0.05, 0.1) is 17.9 Å². The molecular formula is C16H19N3. The highest BCUT2D eigenvalue weighted by Gasteiger charge is 2.11. The lowest BCUT2D eigenvalue weighted by Crippen LogP contribution is -2.29. The van der Waals surface area contributed by atoms with Gasteiger partial charge >= 0.3 is 0 Å². The molecule has 0 saturated carbocycles. The highest BCUT2D eigenvalue weighted by atomic mass is 15.3. The fourth-order valence-corrected chi connectivity index (χ4v) is 1.96. The van der Waals surface area contributed by atoms with Crippen molar-refractivity contribution < 1.29 is 0 Å². The fraction of sp³-hybridized carbons (Fsp3) is 0.312. The average molecular weight is 253 g/mol. The highest BCUT2D eigenvalue weighted by Crippen LogP contribution is 2.15. The largest absolute Gasteiger partial charge is 0.297 e. The van der Waals surface area contributed by atoms with E-state index in [1.807, 2.05) is 47.4 Å². The molecule has 0 amide bonds. The summed E-state index contributed by atoms with van der Waals surface area (Å²) in [4.78, 5) is 0. The molecule has 19 heavy (non-hydrogen) atoms. The minimum absolute atomic E-state index is 0.107. The van der Waals surface area contributed by atoms with Crippen LogP contribution >= 0.6 is 0 Å². The first-order valence-electron chi connectivity index (χ1n) is 6.56. The first kappa shape index (κ1) is 13.4. The lowest BCUT2D eigenvalue weighted by Gasteiger charge is -2.16. The van der Waals surface area contributed by atoms with Crippen molar-refractivity contribution in [2.24, 2.45) is 0 Å². The van der Waals surface area contributed by atoms with Crippen LogP contribution < -0.4 is 5.32 Å². The van der Waals surface area contributed by atoms with Gasteiger partial charge in [0.25, 0.3) is 0 Å². The SMILES string of the molecule is C#CC(CC)NC(C)c1cnn(-c2ccccc2)c1. The molecule has 0 aliphatic carbocycles. The summed E-state index contributed by atoms with van der Waals surface area (Å²) < 4.78 is 1.88. The van der Waals surface area contributed by atoms with Crippen LogP contribution in [0, 0.1) is 12.3 Å². The fourth-order valence-electron chi connectivity index (χ4n) is 1.96. The van der Waals surface area contributed by atoms with Crippen molar-refractivity contribution >= 4 is 0 Å². The van der Waals surface area contributed by atoms with E-state index in [1.54, 1.807) is 0 Å². The first-order valence-corrected chi connectivity index (χ1v) is 6.56. The Hall–Kier alpha value is -2.05. The molecule has 2 rings (SSSR count). The number of benzene rings is 1. The van der Waals surface area contributed by atoms with Gasteiger partial charge in [-0.25, -0.2) is 4.68 Å². The molecular weight excluding hydrogens is 234 g/mol. The molecule has 1 N–H and O–H groups in total. The summed E-state index contributed by atoms with van der Waals surface area (Å²) >= 11 is 0. The van der Waals surface area contributed by atoms with Gasteiger partial charge in [0.2, 0.25) is 0 Å². The lowest BCUT2D eigenvalue weighted by atomic mass is 10.1. The van der Waals surface area contributed by atoms with Crippen molar-refractivity contribution in [3.63, 3.8) is 0 Å². The third-order valence-corrected chi connectivity index (χ3v) is 3.18. The van der Waals surface area contributed by atoms with E-state index in [1.165, 1.54) is 0 Å². The number of hydrogen-bond acceptors (Lipinski definition) is 2. The second-order valence-corrected chi connectivity index (χ2v) is 4.57. The maximum atomic E-state index is 5.47. The Morgan fingerprint density at radius 1 is 1.37 bits per heavy atom. The molecule has 0 radical (unpaired) electrons. The maximum absolute atomic E-state index is 5.47. The zero-order valence-electron chi connectivity index (χ0n) is 11.4. The van der Waals surface area contributed by atoms with Gasteiger partial charge in [-0.3, -0.25) is 5.32 Å². The van der Waals surface area contributed by atoms with Gasteiger partial charge in [0.15, 0.2) is 0 Å². The van der Waals surface area contributed by atoms with Crippen molar-refractivity contribution in [1.82, 2.24) is 15.1 Å². The van der Waals surface area contributed by atoms with E-state index in [4.69, 9.17) is 6.42 Å². The summed E-state index contributed by atoms with van der Waals surface area (Å²) in [6.45, 7) is 4.18. The van der Waals surface area contributed by atoms with Crippen molar-refractivity contribution in [2.75, 3.05) is 0 Å². The van der Waals surface area contributed by atoms with E-state index >= 15 is 0 Å². The van der Waals surface area contributed by atoms with E-state index in [9.17, 15) is 0 Å². The Bertz CT molecular complexity index is 551. The van der Waals surface area contributed by atoms with Crippen LogP contribution in [0.25, 0.3) is 5.69 Å². The number of rotatable bonds is 5. The molecule has 0 aliphatic rings. The van der Waals surface area contributed by atoms with E-state index < -0.39 is 0 Å². The average Bonchev–Trinajstić information content (AvgIpc) is 2.95. The minimum Gasteiger partial charge on any atom is -0.297 e. The Labute approximate surface area is 114 Å². The summed E-state index contributed by atoms with van der Waals surface area (Å²) in [5.74, 6) is 2.75. The minimum atomic E-state index is 0.107. The second-order valence-electron chi connectivity index (χ2n) is 4.57. The summed E-state index contributed by atoms with van der Waals surface area (Å²) in [5, 5.41) is 7.80. The summed E-state index contributed by atoms with van der Waals surface area (Å²) in [6.07, 6.45) is 10.3. The van der Waals surface area contributed by atoms with Crippen LogP contribution in [0.3, 0.4) is 0 Å². The van der Waals surface area contributed by atoms with Gasteiger partial charge in [0.1, 0.15) is 0 Å². The van der Waals surface area contributed by atoms with E-state index in [2.05, 4.69) is 30.2 Å². The van der Waals surface area contributed by atoms with Gasteiger partial charge in [-0.2, -0.15) is 5.10 Å². The Balaban J connectivity index is 2.11. The zero-order valence-corrected chi connectivity index (χ0v) is 11.4. The summed E-state index contributed by atoms with van der Waals surface area (Å²) in [5.41, 5.74) is 2.20. The molecule has 3 nitrogen and oxygen atoms in total. The molecule has 0 saturated heterocycles. The predicted molar refractivity (Wildman–Crippen MR) is 78.0 cm³/mol. The van der Waals surface area contributed by atoms with Crippen LogP contribution in [-0.4, -0.2) is 15.8 Å². The molecule has 2 unspecified atom stereocenters. The number of terminal acetylenes is 1. The standard InChI is InChI=1S/C16H19N3/c1-4-15(5-2)18-13(3)14-11-17-19(12-14)16-9-7-6-8-10-16/h1,6-13,15,18H,5H2,2-3H3. The monoisotopic (exact) mass is 253 g/mol. The number of aromatic nitrogens is 2. The van der Waals surface area contributed by atoms with E-state index in [0.29, 0.717) is 0 Å². The Kier molecular flexibility index (Phi) is 4.38. The van der Waals surface area contributed by atoms with Gasteiger partial charge in [-0.15, -0.1) is 6.42 Å². The Morgan fingerprint density at radius 2 is 2.11 bits per heavy atom. The van der Waals surface area contributed by atoms with Crippen LogP contribution in [0.4, 0.5) is 0 Å². The molecule has 1 aromatic heterocycles. The molecule has 1 aromatic carbocycles. The maximum Gasteiger partial charge on any atom is 0.0688 e. The smallest absolute Gasteiger partial charge is 0.0688 e. The number of hydrogen-bond donors (Lipinski definition) is 1. The van der Waals surface area contributed by atoms with Crippen molar-refractivity contribution in [3.05, 3.63) is 48.3 Å². The van der Waals surface area contributed by atoms with Gasteiger partial charge in [-0.05, 0) is 25.5 Å². The third-order valence-electron chi connectivity index (χ3n) is 3.18. The van der Waals surface area contributed by atoms with Crippen molar-refractivity contribution in [2.45, 2.75) is 32.4 Å². The Morgan fingerprint density at radius 3 is 2.74 bits per heavy atom. The molecule has 0 spiro atoms. The van der Waals surface area contributed by atoms with Crippen molar-refractivity contribution in [1.29, 1.82) is 0 Å².